The van der Waals surface area contributed by atoms with E-state index in [1.54, 1.807) is 32.2 Å². The first-order chi connectivity index (χ1) is 9.54. The van der Waals surface area contributed by atoms with Crippen molar-refractivity contribution in [1.82, 2.24) is 15.4 Å². The van der Waals surface area contributed by atoms with Crippen LogP contribution in [0.2, 0.25) is 0 Å². The Bertz CT molecular complexity index is 580. The summed E-state index contributed by atoms with van der Waals surface area (Å²) in [6, 6.07) is 7.55. The molecule has 5 nitrogen and oxygen atoms in total. The van der Waals surface area contributed by atoms with Crippen LogP contribution in [0.25, 0.3) is 0 Å². The molecule has 106 valence electrons. The lowest BCUT2D eigenvalue weighted by Gasteiger charge is -2.16. The highest BCUT2D eigenvalue weighted by atomic mass is 19.1. The second-order valence-electron chi connectivity index (χ2n) is 4.57. The zero-order valence-electron chi connectivity index (χ0n) is 11.4. The van der Waals surface area contributed by atoms with Gasteiger partial charge in [0.25, 0.3) is 0 Å². The molecular weight excluding hydrogens is 261 g/mol. The van der Waals surface area contributed by atoms with Crippen molar-refractivity contribution in [3.8, 4) is 0 Å². The highest BCUT2D eigenvalue weighted by Gasteiger charge is 2.11. The van der Waals surface area contributed by atoms with Crippen LogP contribution >= 0.6 is 0 Å². The van der Waals surface area contributed by atoms with Crippen molar-refractivity contribution in [3.63, 3.8) is 0 Å². The molecule has 1 aromatic carbocycles. The summed E-state index contributed by atoms with van der Waals surface area (Å²) in [5, 5.41) is 6.58. The predicted molar refractivity (Wildman–Crippen MR) is 71.3 cm³/mol. The fraction of sp³-hybridized carbons (Fsp3) is 0.286. The summed E-state index contributed by atoms with van der Waals surface area (Å²) in [7, 11) is 1.67. The van der Waals surface area contributed by atoms with Gasteiger partial charge in [0, 0.05) is 19.7 Å². The lowest BCUT2D eigenvalue weighted by Crippen LogP contribution is -2.36. The van der Waals surface area contributed by atoms with Crippen molar-refractivity contribution in [2.24, 2.45) is 0 Å². The van der Waals surface area contributed by atoms with E-state index in [-0.39, 0.29) is 11.8 Å². The Hall–Kier alpha value is -2.37. The van der Waals surface area contributed by atoms with Crippen LogP contribution in [0.1, 0.15) is 17.0 Å². The summed E-state index contributed by atoms with van der Waals surface area (Å²) in [5.74, 6) is 0.415. The summed E-state index contributed by atoms with van der Waals surface area (Å²) in [4.78, 5) is 13.4. The van der Waals surface area contributed by atoms with Gasteiger partial charge in [0.05, 0.1) is 6.54 Å². The maximum atomic E-state index is 12.7. The van der Waals surface area contributed by atoms with E-state index in [0.717, 1.165) is 5.56 Å². The number of urea groups is 1. The molecule has 1 N–H and O–H groups in total. The number of halogens is 1. The molecule has 2 amide bonds. The highest BCUT2D eigenvalue weighted by Crippen LogP contribution is 2.05. The molecular formula is C14H16FN3O2. The van der Waals surface area contributed by atoms with E-state index in [1.165, 1.54) is 17.0 Å². The second kappa shape index (κ2) is 6.18. The van der Waals surface area contributed by atoms with E-state index in [1.807, 2.05) is 0 Å². The number of hydrogen-bond acceptors (Lipinski definition) is 3. The van der Waals surface area contributed by atoms with Gasteiger partial charge in [0.1, 0.15) is 17.3 Å². The Balaban J connectivity index is 1.83. The molecule has 6 heteroatoms. The average Bonchev–Trinajstić information content (AvgIpc) is 2.83. The van der Waals surface area contributed by atoms with E-state index < -0.39 is 0 Å². The van der Waals surface area contributed by atoms with Gasteiger partial charge < -0.3 is 14.7 Å². The van der Waals surface area contributed by atoms with E-state index >= 15 is 0 Å². The quantitative estimate of drug-likeness (QED) is 0.934. The zero-order valence-corrected chi connectivity index (χ0v) is 11.4. The molecule has 1 aromatic heterocycles. The van der Waals surface area contributed by atoms with Gasteiger partial charge in [-0.1, -0.05) is 17.3 Å². The summed E-state index contributed by atoms with van der Waals surface area (Å²) < 4.78 is 17.7. The van der Waals surface area contributed by atoms with Crippen LogP contribution in [0.3, 0.4) is 0 Å². The summed E-state index contributed by atoms with van der Waals surface area (Å²) in [6.45, 7) is 2.51. The second-order valence-corrected chi connectivity index (χ2v) is 4.57. The maximum Gasteiger partial charge on any atom is 0.317 e. The molecule has 0 saturated carbocycles. The van der Waals surface area contributed by atoms with Gasteiger partial charge in [0.2, 0.25) is 0 Å². The van der Waals surface area contributed by atoms with Gasteiger partial charge in [0.15, 0.2) is 0 Å². The normalized spacial score (nSPS) is 10.3. The molecule has 0 spiro atoms. The lowest BCUT2D eigenvalue weighted by molar-refractivity contribution is 0.205. The Labute approximate surface area is 116 Å². The van der Waals surface area contributed by atoms with Gasteiger partial charge >= 0.3 is 6.03 Å². The Morgan fingerprint density at radius 3 is 2.70 bits per heavy atom. The predicted octanol–water partition coefficient (Wildman–Crippen LogP) is 2.46. The van der Waals surface area contributed by atoms with E-state index in [9.17, 15) is 9.18 Å². The minimum Gasteiger partial charge on any atom is -0.361 e. The molecule has 0 fully saturated rings. The molecule has 20 heavy (non-hydrogen) atoms. The van der Waals surface area contributed by atoms with Crippen molar-refractivity contribution in [3.05, 3.63) is 53.2 Å². The number of rotatable bonds is 4. The third kappa shape index (κ3) is 3.81. The topological polar surface area (TPSA) is 58.4 Å². The van der Waals surface area contributed by atoms with Gasteiger partial charge in [-0.3, -0.25) is 0 Å². The van der Waals surface area contributed by atoms with Gasteiger partial charge in [-0.05, 0) is 24.6 Å². The number of nitrogens with zero attached hydrogens (tertiary/aromatic N) is 2. The maximum absolute atomic E-state index is 12.7. The lowest BCUT2D eigenvalue weighted by atomic mass is 10.2. The van der Waals surface area contributed by atoms with Crippen LogP contribution in [0, 0.1) is 12.7 Å². The van der Waals surface area contributed by atoms with Crippen LogP contribution in [0.15, 0.2) is 34.9 Å². The van der Waals surface area contributed by atoms with Crippen LogP contribution in [-0.2, 0) is 13.1 Å². The number of carbonyl (C=O) groups is 1. The van der Waals surface area contributed by atoms with Crippen molar-refractivity contribution >= 4 is 6.03 Å². The third-order valence-electron chi connectivity index (χ3n) is 2.78. The Kier molecular flexibility index (Phi) is 4.34. The number of aryl methyl sites for hydroxylation is 1. The average molecular weight is 277 g/mol. The van der Waals surface area contributed by atoms with Crippen LogP contribution in [-0.4, -0.2) is 23.1 Å². The number of hydrogen-bond donors (Lipinski definition) is 1. The molecule has 0 aliphatic heterocycles. The van der Waals surface area contributed by atoms with Crippen molar-refractivity contribution < 1.29 is 13.7 Å². The minimum atomic E-state index is -0.293. The molecule has 0 aliphatic rings. The number of amides is 2. The number of carbonyl (C=O) groups excluding carboxylic acids is 1. The van der Waals surface area contributed by atoms with Crippen LogP contribution in [0.5, 0.6) is 0 Å². The number of nitrogens with one attached hydrogen (secondary N) is 1. The Morgan fingerprint density at radius 2 is 2.10 bits per heavy atom. The van der Waals surface area contributed by atoms with Gasteiger partial charge in [-0.15, -0.1) is 0 Å². The highest BCUT2D eigenvalue weighted by molar-refractivity contribution is 5.73. The molecule has 0 aliphatic carbocycles. The standard InChI is InChI=1S/C14H16FN3O2/c1-10-7-13(17-20-10)9-18(2)14(19)16-8-11-3-5-12(15)6-4-11/h3-7H,8-9H2,1-2H3,(H,16,19). The first-order valence-electron chi connectivity index (χ1n) is 6.20. The third-order valence-corrected chi connectivity index (χ3v) is 2.78. The molecule has 2 rings (SSSR count). The smallest absolute Gasteiger partial charge is 0.317 e. The van der Waals surface area contributed by atoms with Crippen molar-refractivity contribution in [2.75, 3.05) is 7.05 Å². The minimum absolute atomic E-state index is 0.227. The van der Waals surface area contributed by atoms with Crippen LogP contribution < -0.4 is 5.32 Å². The molecule has 2 aromatic rings. The van der Waals surface area contributed by atoms with Gasteiger partial charge in [-0.2, -0.15) is 0 Å². The monoisotopic (exact) mass is 277 g/mol. The fourth-order valence-corrected chi connectivity index (χ4v) is 1.72. The van der Waals surface area contributed by atoms with Gasteiger partial charge in [-0.25, -0.2) is 9.18 Å². The first-order valence-corrected chi connectivity index (χ1v) is 6.20. The largest absolute Gasteiger partial charge is 0.361 e. The fourth-order valence-electron chi connectivity index (χ4n) is 1.72. The first kappa shape index (κ1) is 14.0. The molecule has 0 unspecified atom stereocenters. The van der Waals surface area contributed by atoms with E-state index in [0.29, 0.717) is 24.5 Å². The van der Waals surface area contributed by atoms with Crippen LogP contribution in [0.4, 0.5) is 9.18 Å². The summed E-state index contributed by atoms with van der Waals surface area (Å²) in [6.07, 6.45) is 0. The van der Waals surface area contributed by atoms with E-state index in [4.69, 9.17) is 4.52 Å². The van der Waals surface area contributed by atoms with E-state index in [2.05, 4.69) is 10.5 Å². The molecule has 0 atom stereocenters. The summed E-state index contributed by atoms with van der Waals surface area (Å²) >= 11 is 0. The molecule has 1 heterocycles. The van der Waals surface area contributed by atoms with Crippen molar-refractivity contribution in [2.45, 2.75) is 20.0 Å². The molecule has 0 saturated heterocycles. The zero-order chi connectivity index (χ0) is 14.5. The SMILES string of the molecule is Cc1cc(CN(C)C(=O)NCc2ccc(F)cc2)no1. The Morgan fingerprint density at radius 1 is 1.40 bits per heavy atom. The number of benzene rings is 1. The molecule has 0 radical (unpaired) electrons. The number of aromatic nitrogens is 1. The molecule has 0 bridgehead atoms. The summed E-state index contributed by atoms with van der Waals surface area (Å²) in [5.41, 5.74) is 1.53. The van der Waals surface area contributed by atoms with Crippen molar-refractivity contribution in [1.29, 1.82) is 0 Å².